The lowest BCUT2D eigenvalue weighted by Gasteiger charge is -2.33. The Morgan fingerprint density at radius 2 is 1.72 bits per heavy atom. The van der Waals surface area contributed by atoms with Crippen molar-refractivity contribution < 1.29 is 23.5 Å². The summed E-state index contributed by atoms with van der Waals surface area (Å²) in [5.41, 5.74) is 1.66. The topological polar surface area (TPSA) is 91.0 Å². The first-order valence-electron chi connectivity index (χ1n) is 10.9. The van der Waals surface area contributed by atoms with Crippen LogP contribution in [0.1, 0.15) is 36.2 Å². The number of benzene rings is 2. The summed E-state index contributed by atoms with van der Waals surface area (Å²) in [5, 5.41) is 0. The van der Waals surface area contributed by atoms with Gasteiger partial charge in [0.15, 0.2) is 22.9 Å². The number of carbonyl (C=O) groups is 2. The van der Waals surface area contributed by atoms with Crippen molar-refractivity contribution in [2.24, 2.45) is 5.92 Å². The minimum Gasteiger partial charge on any atom is -0.486 e. The van der Waals surface area contributed by atoms with E-state index in [1.807, 2.05) is 0 Å². The molecule has 5 rings (SSSR count). The first-order chi connectivity index (χ1) is 15.5. The van der Waals surface area contributed by atoms with Gasteiger partial charge in [0.1, 0.15) is 19.3 Å². The van der Waals surface area contributed by atoms with E-state index >= 15 is 0 Å². The maximum Gasteiger partial charge on any atom is 0.420 e. The lowest BCUT2D eigenvalue weighted by atomic mass is 9.88. The zero-order chi connectivity index (χ0) is 22.2. The fourth-order valence-electron chi connectivity index (χ4n) is 4.52. The average molecular weight is 436 g/mol. The number of ketones is 1. The van der Waals surface area contributed by atoms with Gasteiger partial charge in [-0.1, -0.05) is 12.1 Å². The lowest BCUT2D eigenvalue weighted by molar-refractivity contribution is -0.135. The second kappa shape index (κ2) is 8.18. The predicted molar refractivity (Wildman–Crippen MR) is 116 cm³/mol. The molecule has 2 aromatic carbocycles. The number of para-hydroxylation sites is 2. The zero-order valence-corrected chi connectivity index (χ0v) is 17.8. The number of ether oxygens (including phenoxy) is 2. The van der Waals surface area contributed by atoms with Crippen LogP contribution in [0.25, 0.3) is 11.1 Å². The normalized spacial score (nSPS) is 17.3. The van der Waals surface area contributed by atoms with E-state index in [1.165, 1.54) is 4.57 Å². The Balaban J connectivity index is 1.26. The van der Waals surface area contributed by atoms with Crippen molar-refractivity contribution in [1.82, 2.24) is 9.47 Å². The van der Waals surface area contributed by atoms with Crippen LogP contribution in [0, 0.1) is 5.92 Å². The molecule has 2 aliphatic rings. The van der Waals surface area contributed by atoms with E-state index in [1.54, 1.807) is 54.3 Å². The second-order valence-corrected chi connectivity index (χ2v) is 8.20. The highest BCUT2D eigenvalue weighted by Crippen LogP contribution is 2.33. The fraction of sp³-hybridized carbons (Fsp3) is 0.375. The third kappa shape index (κ3) is 3.55. The van der Waals surface area contributed by atoms with Gasteiger partial charge in [0.05, 0.1) is 5.52 Å². The highest BCUT2D eigenvalue weighted by Gasteiger charge is 2.32. The Kier molecular flexibility index (Phi) is 5.20. The van der Waals surface area contributed by atoms with Crippen LogP contribution in [-0.4, -0.2) is 47.5 Å². The Morgan fingerprint density at radius 3 is 2.50 bits per heavy atom. The summed E-state index contributed by atoms with van der Waals surface area (Å²) >= 11 is 0. The summed E-state index contributed by atoms with van der Waals surface area (Å²) in [6, 6.07) is 11.7. The van der Waals surface area contributed by atoms with Gasteiger partial charge in [-0.15, -0.1) is 0 Å². The molecule has 1 amide bonds. The summed E-state index contributed by atoms with van der Waals surface area (Å²) < 4.78 is 17.8. The molecule has 1 aromatic heterocycles. The van der Waals surface area contributed by atoms with Crippen molar-refractivity contribution in [3.8, 4) is 11.5 Å². The van der Waals surface area contributed by atoms with Gasteiger partial charge >= 0.3 is 5.76 Å². The number of piperidine rings is 1. The molecule has 0 N–H and O–H groups in total. The van der Waals surface area contributed by atoms with Gasteiger partial charge in [0.2, 0.25) is 5.91 Å². The number of amides is 1. The van der Waals surface area contributed by atoms with Gasteiger partial charge in [-0.3, -0.25) is 14.2 Å². The number of fused-ring (bicyclic) bond motifs is 2. The molecule has 8 nitrogen and oxygen atoms in total. The van der Waals surface area contributed by atoms with Gasteiger partial charge < -0.3 is 18.8 Å². The average Bonchev–Trinajstić information content (AvgIpc) is 3.18. The van der Waals surface area contributed by atoms with Crippen LogP contribution in [-0.2, 0) is 4.79 Å². The quantitative estimate of drug-likeness (QED) is 0.584. The molecule has 2 aliphatic heterocycles. The third-order valence-corrected chi connectivity index (χ3v) is 6.27. The molecule has 0 aliphatic carbocycles. The number of likely N-dealkylation sites (tertiary alicyclic amines) is 1. The predicted octanol–water partition coefficient (Wildman–Crippen LogP) is 3.05. The lowest BCUT2D eigenvalue weighted by Crippen LogP contribution is -2.44. The standard InChI is InChI=1S/C24H24N2O6/c1-15(26-18-4-2-3-5-19(18)32-24(26)29)23(28)25-10-8-16(9-11-25)22(27)17-6-7-20-21(14-17)31-13-12-30-20/h2-7,14-16H,8-13H2,1H3. The Bertz CT molecular complexity index is 1230. The monoisotopic (exact) mass is 436 g/mol. The summed E-state index contributed by atoms with van der Waals surface area (Å²) in [4.78, 5) is 40.2. The van der Waals surface area contributed by atoms with E-state index in [0.29, 0.717) is 67.3 Å². The maximum atomic E-state index is 13.1. The molecule has 1 fully saturated rings. The Morgan fingerprint density at radius 1 is 1.00 bits per heavy atom. The van der Waals surface area contributed by atoms with Crippen LogP contribution in [0.2, 0.25) is 0 Å². The summed E-state index contributed by atoms with van der Waals surface area (Å²) in [6.45, 7) is 3.62. The molecule has 3 aromatic rings. The van der Waals surface area contributed by atoms with E-state index < -0.39 is 11.8 Å². The van der Waals surface area contributed by atoms with Gasteiger partial charge in [0, 0.05) is 24.6 Å². The molecule has 0 radical (unpaired) electrons. The molecular formula is C24H24N2O6. The van der Waals surface area contributed by atoms with E-state index in [2.05, 4.69) is 0 Å². The maximum absolute atomic E-state index is 13.1. The first-order valence-corrected chi connectivity index (χ1v) is 10.9. The highest BCUT2D eigenvalue weighted by molar-refractivity contribution is 5.98. The van der Waals surface area contributed by atoms with E-state index in [4.69, 9.17) is 13.9 Å². The van der Waals surface area contributed by atoms with Crippen LogP contribution >= 0.6 is 0 Å². The number of Topliss-reactive ketones (excluding diaryl/α,β-unsaturated/α-hetero) is 1. The molecule has 32 heavy (non-hydrogen) atoms. The van der Waals surface area contributed by atoms with E-state index in [-0.39, 0.29) is 17.6 Å². The van der Waals surface area contributed by atoms with E-state index in [0.717, 1.165) is 0 Å². The number of carbonyl (C=O) groups excluding carboxylic acids is 2. The number of hydrogen-bond acceptors (Lipinski definition) is 6. The molecule has 1 unspecified atom stereocenters. The molecule has 1 saturated heterocycles. The third-order valence-electron chi connectivity index (χ3n) is 6.27. The number of oxazole rings is 1. The molecular weight excluding hydrogens is 412 g/mol. The first kappa shape index (κ1) is 20.4. The van der Waals surface area contributed by atoms with Gasteiger partial charge in [-0.05, 0) is 50.1 Å². The van der Waals surface area contributed by atoms with Crippen molar-refractivity contribution in [1.29, 1.82) is 0 Å². The smallest absolute Gasteiger partial charge is 0.420 e. The van der Waals surface area contributed by atoms with Crippen LogP contribution < -0.4 is 15.2 Å². The minimum atomic E-state index is -0.684. The van der Waals surface area contributed by atoms with Crippen LogP contribution in [0.3, 0.4) is 0 Å². The Labute approximate surface area is 184 Å². The van der Waals surface area contributed by atoms with Crippen molar-refractivity contribution in [2.45, 2.75) is 25.8 Å². The highest BCUT2D eigenvalue weighted by atomic mass is 16.6. The van der Waals surface area contributed by atoms with Crippen molar-refractivity contribution >= 4 is 22.8 Å². The number of nitrogens with zero attached hydrogens (tertiary/aromatic N) is 2. The van der Waals surface area contributed by atoms with E-state index in [9.17, 15) is 14.4 Å². The number of rotatable bonds is 4. The number of hydrogen-bond donors (Lipinski definition) is 0. The van der Waals surface area contributed by atoms with Crippen molar-refractivity contribution in [3.05, 3.63) is 58.6 Å². The molecule has 1 atom stereocenters. The number of aromatic nitrogens is 1. The summed E-state index contributed by atoms with van der Waals surface area (Å²) in [7, 11) is 0. The SMILES string of the molecule is CC(C(=O)N1CCC(C(=O)c2ccc3c(c2)OCCO3)CC1)n1c(=O)oc2ccccc21. The van der Waals surface area contributed by atoms with Crippen molar-refractivity contribution in [2.75, 3.05) is 26.3 Å². The molecule has 166 valence electrons. The summed E-state index contributed by atoms with van der Waals surface area (Å²) in [6.07, 6.45) is 1.15. The molecule has 0 bridgehead atoms. The minimum absolute atomic E-state index is 0.0548. The van der Waals surface area contributed by atoms with Crippen molar-refractivity contribution in [3.63, 3.8) is 0 Å². The zero-order valence-electron chi connectivity index (χ0n) is 17.8. The van der Waals surface area contributed by atoms with Crippen LogP contribution in [0.4, 0.5) is 0 Å². The largest absolute Gasteiger partial charge is 0.486 e. The molecule has 0 saturated carbocycles. The molecule has 3 heterocycles. The van der Waals surface area contributed by atoms with Gasteiger partial charge in [-0.2, -0.15) is 0 Å². The Hall–Kier alpha value is -3.55. The van der Waals surface area contributed by atoms with Crippen LogP contribution in [0.15, 0.2) is 51.7 Å². The molecule has 0 spiro atoms. The van der Waals surface area contributed by atoms with Gasteiger partial charge in [0.25, 0.3) is 0 Å². The molecule has 8 heteroatoms. The fourth-order valence-corrected chi connectivity index (χ4v) is 4.52. The van der Waals surface area contributed by atoms with Gasteiger partial charge in [-0.25, -0.2) is 4.79 Å². The summed E-state index contributed by atoms with van der Waals surface area (Å²) in [5.74, 6) is 0.457. The second-order valence-electron chi connectivity index (χ2n) is 8.20. The van der Waals surface area contributed by atoms with Crippen LogP contribution in [0.5, 0.6) is 11.5 Å².